The quantitative estimate of drug-likeness (QED) is 0.721. The number of carbonyl (C=O) groups excluding carboxylic acids is 1. The van der Waals surface area contributed by atoms with Gasteiger partial charge in [-0.3, -0.25) is 4.79 Å². The van der Waals surface area contributed by atoms with Gasteiger partial charge in [0.05, 0.1) is 6.04 Å². The van der Waals surface area contributed by atoms with Gasteiger partial charge in [-0.05, 0) is 56.0 Å². The molecule has 1 heterocycles. The fourth-order valence-electron chi connectivity index (χ4n) is 3.27. The van der Waals surface area contributed by atoms with E-state index < -0.39 is 20.5 Å². The summed E-state index contributed by atoms with van der Waals surface area (Å²) in [6.45, 7) is 9.59. The van der Waals surface area contributed by atoms with Crippen molar-refractivity contribution in [1.82, 2.24) is 10.6 Å². The number of piperidine rings is 1. The number of carbonyl (C=O) groups is 1. The van der Waals surface area contributed by atoms with Gasteiger partial charge in [-0.1, -0.05) is 32.9 Å². The van der Waals surface area contributed by atoms with Crippen LogP contribution in [0.3, 0.4) is 0 Å². The molecule has 1 fully saturated rings. The van der Waals surface area contributed by atoms with Crippen molar-refractivity contribution in [1.29, 1.82) is 0 Å². The zero-order valence-electron chi connectivity index (χ0n) is 17.4. The van der Waals surface area contributed by atoms with Gasteiger partial charge in [0.15, 0.2) is 14.6 Å². The van der Waals surface area contributed by atoms with Crippen LogP contribution in [0.5, 0.6) is 5.75 Å². The molecule has 1 saturated heterocycles. The Hall–Kier alpha value is -1.31. The molecule has 1 unspecified atom stereocenters. The number of ether oxygens (including phenoxy) is 1. The largest absolute Gasteiger partial charge is 0.491 e. The van der Waals surface area contributed by atoms with E-state index in [1.54, 1.807) is 0 Å². The first-order valence-corrected chi connectivity index (χ1v) is 11.3. The van der Waals surface area contributed by atoms with E-state index in [1.807, 2.05) is 31.2 Å². The molecule has 0 bridgehead atoms. The minimum Gasteiger partial charge on any atom is -0.491 e. The number of benzene rings is 1. The van der Waals surface area contributed by atoms with Gasteiger partial charge in [0.25, 0.3) is 0 Å². The molecule has 1 aliphatic heterocycles. The number of nitrogens with one attached hydrogen (secondary N) is 2. The zero-order valence-corrected chi connectivity index (χ0v) is 19.0. The second-order valence-electron chi connectivity index (χ2n) is 8.48. The molecule has 0 spiro atoms. The van der Waals surface area contributed by atoms with Crippen LogP contribution < -0.4 is 15.4 Å². The van der Waals surface area contributed by atoms with E-state index in [0.29, 0.717) is 25.9 Å². The van der Waals surface area contributed by atoms with E-state index in [0.717, 1.165) is 12.0 Å². The van der Waals surface area contributed by atoms with Crippen molar-refractivity contribution in [2.45, 2.75) is 56.7 Å². The highest BCUT2D eigenvalue weighted by Gasteiger charge is 2.48. The van der Waals surface area contributed by atoms with Gasteiger partial charge in [-0.25, -0.2) is 8.42 Å². The molecule has 1 aromatic rings. The Morgan fingerprint density at radius 1 is 1.21 bits per heavy atom. The van der Waals surface area contributed by atoms with Gasteiger partial charge in [0.2, 0.25) is 5.91 Å². The summed E-state index contributed by atoms with van der Waals surface area (Å²) in [6.07, 6.45) is 1.73. The third kappa shape index (κ3) is 5.84. The molecule has 0 aliphatic carbocycles. The maximum atomic E-state index is 12.8. The Balaban J connectivity index is 0.00000392. The van der Waals surface area contributed by atoms with Crippen LogP contribution >= 0.6 is 12.4 Å². The molecule has 1 amide bonds. The van der Waals surface area contributed by atoms with Gasteiger partial charge in [-0.2, -0.15) is 0 Å². The summed E-state index contributed by atoms with van der Waals surface area (Å²) in [7, 11) is -3.51. The molecule has 160 valence electrons. The molecule has 0 radical (unpaired) electrons. The van der Waals surface area contributed by atoms with Crippen LogP contribution in [0.25, 0.3) is 0 Å². The summed E-state index contributed by atoms with van der Waals surface area (Å²) >= 11 is 0. The maximum Gasteiger partial charge on any atom is 0.241 e. The Bertz CT molecular complexity index is 751. The van der Waals surface area contributed by atoms with Crippen LogP contribution in [-0.2, 0) is 20.0 Å². The molecule has 2 rings (SSSR count). The van der Waals surface area contributed by atoms with Crippen molar-refractivity contribution in [2.75, 3.05) is 26.0 Å². The molecular weight excluding hydrogens is 400 g/mol. The summed E-state index contributed by atoms with van der Waals surface area (Å²) < 4.78 is 29.0. The lowest BCUT2D eigenvalue weighted by atomic mass is 9.87. The fourth-order valence-corrected chi connectivity index (χ4v) is 4.61. The molecular formula is C20H33ClN2O4S. The van der Waals surface area contributed by atoms with Crippen LogP contribution in [-0.4, -0.2) is 51.1 Å². The molecule has 1 atom stereocenters. The molecule has 8 heteroatoms. The van der Waals surface area contributed by atoms with E-state index >= 15 is 0 Å². The van der Waals surface area contributed by atoms with Crippen LogP contribution in [0.2, 0.25) is 0 Å². The van der Waals surface area contributed by atoms with Crippen molar-refractivity contribution in [3.63, 3.8) is 0 Å². The highest BCUT2D eigenvalue weighted by Crippen LogP contribution is 2.28. The second-order valence-corrected chi connectivity index (χ2v) is 10.8. The molecule has 6 nitrogen and oxygen atoms in total. The summed E-state index contributed by atoms with van der Waals surface area (Å²) in [5.41, 5.74) is 1.30. The highest BCUT2D eigenvalue weighted by molar-refractivity contribution is 7.92. The van der Waals surface area contributed by atoms with Gasteiger partial charge in [0, 0.05) is 6.26 Å². The average Bonchev–Trinajstić information content (AvgIpc) is 2.59. The summed E-state index contributed by atoms with van der Waals surface area (Å²) in [5.74, 6) is 0.300. The minimum atomic E-state index is -3.51. The first-order chi connectivity index (χ1) is 12.5. The van der Waals surface area contributed by atoms with Crippen molar-refractivity contribution < 1.29 is 17.9 Å². The van der Waals surface area contributed by atoms with Crippen LogP contribution in [0.4, 0.5) is 0 Å². The Morgan fingerprint density at radius 2 is 1.75 bits per heavy atom. The van der Waals surface area contributed by atoms with Crippen LogP contribution in [0.1, 0.15) is 46.1 Å². The fraction of sp³-hybridized carbons (Fsp3) is 0.650. The van der Waals surface area contributed by atoms with Crippen molar-refractivity contribution in [2.24, 2.45) is 0 Å². The number of hydrogen-bond acceptors (Lipinski definition) is 5. The third-order valence-corrected chi connectivity index (χ3v) is 7.15. The van der Waals surface area contributed by atoms with Gasteiger partial charge < -0.3 is 15.4 Å². The zero-order chi connectivity index (χ0) is 20.3. The summed E-state index contributed by atoms with van der Waals surface area (Å²) in [6, 6.07) is 7.60. The van der Waals surface area contributed by atoms with Gasteiger partial charge in [0.1, 0.15) is 12.4 Å². The monoisotopic (exact) mass is 432 g/mol. The van der Waals surface area contributed by atoms with Gasteiger partial charge >= 0.3 is 0 Å². The summed E-state index contributed by atoms with van der Waals surface area (Å²) in [4.78, 5) is 12.8. The van der Waals surface area contributed by atoms with Crippen molar-refractivity contribution in [3.8, 4) is 5.75 Å². The van der Waals surface area contributed by atoms with Crippen LogP contribution in [0.15, 0.2) is 24.3 Å². The average molecular weight is 433 g/mol. The molecule has 28 heavy (non-hydrogen) atoms. The predicted molar refractivity (Wildman–Crippen MR) is 115 cm³/mol. The van der Waals surface area contributed by atoms with Crippen molar-refractivity contribution >= 4 is 28.2 Å². The van der Waals surface area contributed by atoms with E-state index in [2.05, 4.69) is 31.4 Å². The molecule has 0 saturated carbocycles. The standard InChI is InChI=1S/C20H32N2O4S.ClH/c1-15(14-26-17-8-6-16(7-9-17)19(2,3)4)22-18(23)20(27(5,24)25)10-12-21-13-11-20;/h6-9,15,21H,10-14H2,1-5H3,(H,22,23);1H. The predicted octanol–water partition coefficient (Wildman–Crippen LogP) is 2.46. The normalized spacial score (nSPS) is 17.9. The highest BCUT2D eigenvalue weighted by atomic mass is 35.5. The number of amides is 1. The van der Waals surface area contributed by atoms with E-state index in [1.165, 1.54) is 5.56 Å². The lowest BCUT2D eigenvalue weighted by Gasteiger charge is -2.35. The van der Waals surface area contributed by atoms with Gasteiger partial charge in [-0.15, -0.1) is 12.4 Å². The third-order valence-electron chi connectivity index (χ3n) is 5.13. The molecule has 1 aliphatic rings. The van der Waals surface area contributed by atoms with E-state index in [4.69, 9.17) is 4.74 Å². The Kier molecular flexibility index (Phi) is 8.35. The lowest BCUT2D eigenvalue weighted by Crippen LogP contribution is -2.59. The lowest BCUT2D eigenvalue weighted by molar-refractivity contribution is -0.125. The van der Waals surface area contributed by atoms with Crippen molar-refractivity contribution in [3.05, 3.63) is 29.8 Å². The van der Waals surface area contributed by atoms with E-state index in [-0.39, 0.29) is 30.5 Å². The maximum absolute atomic E-state index is 12.8. The Labute approximate surface area is 175 Å². The SMILES string of the molecule is CC(COc1ccc(C(C)(C)C)cc1)NC(=O)C1(S(C)(=O)=O)CCNCC1.Cl. The smallest absolute Gasteiger partial charge is 0.241 e. The number of sulfone groups is 1. The molecule has 1 aromatic carbocycles. The molecule has 0 aromatic heterocycles. The number of hydrogen-bond donors (Lipinski definition) is 2. The minimum absolute atomic E-state index is 0. The topological polar surface area (TPSA) is 84.5 Å². The first kappa shape index (κ1) is 24.7. The molecule has 2 N–H and O–H groups in total. The Morgan fingerprint density at radius 3 is 2.21 bits per heavy atom. The van der Waals surface area contributed by atoms with Crippen LogP contribution in [0, 0.1) is 0 Å². The first-order valence-electron chi connectivity index (χ1n) is 9.40. The second kappa shape index (κ2) is 9.46. The van der Waals surface area contributed by atoms with E-state index in [9.17, 15) is 13.2 Å². The number of rotatable bonds is 6. The summed E-state index contributed by atoms with van der Waals surface area (Å²) in [5, 5.41) is 5.94. The number of halogens is 1.